The van der Waals surface area contributed by atoms with Crippen LogP contribution in [0.3, 0.4) is 0 Å². The number of fused-ring (bicyclic) bond motifs is 1. The first-order chi connectivity index (χ1) is 13.9. The Kier molecular flexibility index (Phi) is 5.23. The molecule has 1 aromatic heterocycles. The molecule has 0 bridgehead atoms. The maximum atomic E-state index is 12.6. The molecule has 0 fully saturated rings. The predicted molar refractivity (Wildman–Crippen MR) is 116 cm³/mol. The molecule has 0 radical (unpaired) electrons. The van der Waals surface area contributed by atoms with Crippen molar-refractivity contribution in [2.24, 2.45) is 0 Å². The lowest BCUT2D eigenvalue weighted by Crippen LogP contribution is -2.15. The van der Waals surface area contributed by atoms with Crippen molar-refractivity contribution in [2.45, 2.75) is 4.90 Å². The van der Waals surface area contributed by atoms with Crippen molar-refractivity contribution in [1.82, 2.24) is 4.98 Å². The highest BCUT2D eigenvalue weighted by Crippen LogP contribution is 2.22. The quantitative estimate of drug-likeness (QED) is 0.454. The standard InChI is InChI=1S/C20H14ClN3O3S2/c21-14-5-7-15(8-6-14)24-29(26,27)17-3-1-2-16(11-17)23-20(25)13-4-9-18-19(10-13)28-12-22-18/h1-12,24H,(H,23,25). The molecule has 9 heteroatoms. The Morgan fingerprint density at radius 2 is 1.76 bits per heavy atom. The van der Waals surface area contributed by atoms with Gasteiger partial charge < -0.3 is 5.32 Å². The lowest BCUT2D eigenvalue weighted by molar-refractivity contribution is 0.102. The first-order valence-electron chi connectivity index (χ1n) is 8.44. The van der Waals surface area contributed by atoms with Gasteiger partial charge in [0.15, 0.2) is 0 Å². The van der Waals surface area contributed by atoms with Gasteiger partial charge in [0, 0.05) is 22.0 Å². The molecule has 29 heavy (non-hydrogen) atoms. The maximum Gasteiger partial charge on any atom is 0.261 e. The van der Waals surface area contributed by atoms with Crippen LogP contribution in [0.1, 0.15) is 10.4 Å². The van der Waals surface area contributed by atoms with Crippen LogP contribution in [0.5, 0.6) is 0 Å². The van der Waals surface area contributed by atoms with E-state index in [2.05, 4.69) is 15.0 Å². The topological polar surface area (TPSA) is 88.2 Å². The number of rotatable bonds is 5. The maximum absolute atomic E-state index is 12.6. The number of thiazole rings is 1. The van der Waals surface area contributed by atoms with Gasteiger partial charge in [-0.3, -0.25) is 9.52 Å². The summed E-state index contributed by atoms with van der Waals surface area (Å²) in [6.07, 6.45) is 0. The van der Waals surface area contributed by atoms with Gasteiger partial charge >= 0.3 is 0 Å². The number of carbonyl (C=O) groups is 1. The van der Waals surface area contributed by atoms with E-state index in [0.29, 0.717) is 22.0 Å². The van der Waals surface area contributed by atoms with Gasteiger partial charge in [-0.1, -0.05) is 17.7 Å². The second-order valence-electron chi connectivity index (χ2n) is 6.13. The molecule has 3 aromatic carbocycles. The highest BCUT2D eigenvalue weighted by atomic mass is 35.5. The number of aromatic nitrogens is 1. The summed E-state index contributed by atoms with van der Waals surface area (Å²) < 4.78 is 28.7. The fourth-order valence-electron chi connectivity index (χ4n) is 2.67. The molecule has 0 saturated heterocycles. The van der Waals surface area contributed by atoms with E-state index in [1.54, 1.807) is 60.1 Å². The number of sulfonamides is 1. The van der Waals surface area contributed by atoms with Crippen molar-refractivity contribution in [3.63, 3.8) is 0 Å². The molecule has 1 amide bonds. The van der Waals surface area contributed by atoms with Crippen LogP contribution in [0.4, 0.5) is 11.4 Å². The van der Waals surface area contributed by atoms with Crippen molar-refractivity contribution >= 4 is 60.5 Å². The lowest BCUT2D eigenvalue weighted by atomic mass is 10.2. The Balaban J connectivity index is 1.54. The normalized spacial score (nSPS) is 11.3. The van der Waals surface area contributed by atoms with Crippen LogP contribution >= 0.6 is 22.9 Å². The molecule has 6 nitrogen and oxygen atoms in total. The largest absolute Gasteiger partial charge is 0.322 e. The Hall–Kier alpha value is -2.94. The summed E-state index contributed by atoms with van der Waals surface area (Å²) in [5.41, 5.74) is 3.77. The van der Waals surface area contributed by atoms with E-state index in [1.165, 1.54) is 23.5 Å². The van der Waals surface area contributed by atoms with Gasteiger partial charge in [-0.15, -0.1) is 11.3 Å². The third kappa shape index (κ3) is 4.40. The van der Waals surface area contributed by atoms with Gasteiger partial charge in [0.1, 0.15) is 0 Å². The Morgan fingerprint density at radius 1 is 0.966 bits per heavy atom. The zero-order chi connectivity index (χ0) is 20.4. The molecule has 2 N–H and O–H groups in total. The van der Waals surface area contributed by atoms with Gasteiger partial charge in [0.05, 0.1) is 20.6 Å². The molecule has 1 heterocycles. The van der Waals surface area contributed by atoms with Crippen molar-refractivity contribution in [1.29, 1.82) is 0 Å². The number of nitrogens with one attached hydrogen (secondary N) is 2. The molecule has 0 spiro atoms. The number of hydrogen-bond donors (Lipinski definition) is 2. The Bertz CT molecular complexity index is 1300. The molecule has 0 saturated carbocycles. The second kappa shape index (κ2) is 7.82. The molecular formula is C20H14ClN3O3S2. The summed E-state index contributed by atoms with van der Waals surface area (Å²) in [5, 5.41) is 3.24. The van der Waals surface area contributed by atoms with Crippen molar-refractivity contribution in [2.75, 3.05) is 10.0 Å². The number of anilines is 2. The molecular weight excluding hydrogens is 430 g/mol. The number of hydrogen-bond acceptors (Lipinski definition) is 5. The summed E-state index contributed by atoms with van der Waals surface area (Å²) >= 11 is 7.27. The summed E-state index contributed by atoms with van der Waals surface area (Å²) in [4.78, 5) is 16.8. The fourth-order valence-corrected chi connectivity index (χ4v) is 4.62. The first-order valence-corrected chi connectivity index (χ1v) is 11.2. The minimum Gasteiger partial charge on any atom is -0.322 e. The SMILES string of the molecule is O=C(Nc1cccc(S(=O)(=O)Nc2ccc(Cl)cc2)c1)c1ccc2ncsc2c1. The fraction of sp³-hybridized carbons (Fsp3) is 0. The molecule has 4 aromatic rings. The Labute approximate surface area is 176 Å². The van der Waals surface area contributed by atoms with E-state index in [4.69, 9.17) is 11.6 Å². The molecule has 0 aliphatic rings. The van der Waals surface area contributed by atoms with Crippen molar-refractivity contribution in [3.05, 3.63) is 82.8 Å². The smallest absolute Gasteiger partial charge is 0.261 e. The third-order valence-corrected chi connectivity index (χ3v) is 6.51. The van der Waals surface area contributed by atoms with Crippen molar-refractivity contribution in [3.8, 4) is 0 Å². The Morgan fingerprint density at radius 3 is 2.55 bits per heavy atom. The van der Waals surface area contributed by atoms with Gasteiger partial charge in [0.2, 0.25) is 0 Å². The summed E-state index contributed by atoms with van der Waals surface area (Å²) in [7, 11) is -3.82. The molecule has 146 valence electrons. The number of benzene rings is 3. The number of carbonyl (C=O) groups excluding carboxylic acids is 1. The average Bonchev–Trinajstić information content (AvgIpc) is 3.17. The molecule has 0 unspecified atom stereocenters. The molecule has 4 rings (SSSR count). The van der Waals surface area contributed by atoms with Crippen molar-refractivity contribution < 1.29 is 13.2 Å². The van der Waals surface area contributed by atoms with E-state index in [9.17, 15) is 13.2 Å². The molecule has 0 atom stereocenters. The van der Waals surface area contributed by atoms with E-state index in [-0.39, 0.29) is 10.8 Å². The number of nitrogens with zero attached hydrogens (tertiary/aromatic N) is 1. The summed E-state index contributed by atoms with van der Waals surface area (Å²) in [5.74, 6) is -0.333. The lowest BCUT2D eigenvalue weighted by Gasteiger charge is -2.10. The van der Waals surface area contributed by atoms with Crippen LogP contribution < -0.4 is 10.0 Å². The average molecular weight is 444 g/mol. The highest BCUT2D eigenvalue weighted by Gasteiger charge is 2.16. The minimum atomic E-state index is -3.82. The van der Waals surface area contributed by atoms with Crippen LogP contribution in [0.15, 0.2) is 77.1 Å². The number of amides is 1. The second-order valence-corrected chi connectivity index (χ2v) is 9.13. The number of halogens is 1. The van der Waals surface area contributed by atoms with Crippen LogP contribution in [-0.2, 0) is 10.0 Å². The van der Waals surface area contributed by atoms with Crippen LogP contribution in [0.2, 0.25) is 5.02 Å². The van der Waals surface area contributed by atoms with Gasteiger partial charge in [0.25, 0.3) is 15.9 Å². The molecule has 0 aliphatic carbocycles. The summed E-state index contributed by atoms with van der Waals surface area (Å²) in [6, 6.07) is 17.6. The monoisotopic (exact) mass is 443 g/mol. The van der Waals surface area contributed by atoms with E-state index in [0.717, 1.165) is 10.2 Å². The third-order valence-electron chi connectivity index (χ3n) is 4.09. The van der Waals surface area contributed by atoms with E-state index in [1.807, 2.05) is 0 Å². The van der Waals surface area contributed by atoms with E-state index >= 15 is 0 Å². The zero-order valence-electron chi connectivity index (χ0n) is 14.8. The predicted octanol–water partition coefficient (Wildman–Crippen LogP) is 5.00. The van der Waals surface area contributed by atoms with Gasteiger partial charge in [-0.2, -0.15) is 0 Å². The van der Waals surface area contributed by atoms with Gasteiger partial charge in [-0.25, -0.2) is 13.4 Å². The summed E-state index contributed by atoms with van der Waals surface area (Å²) in [6.45, 7) is 0. The van der Waals surface area contributed by atoms with E-state index < -0.39 is 10.0 Å². The van der Waals surface area contributed by atoms with Crippen LogP contribution in [0, 0.1) is 0 Å². The molecule has 0 aliphatic heterocycles. The van der Waals surface area contributed by atoms with Gasteiger partial charge in [-0.05, 0) is 60.7 Å². The zero-order valence-corrected chi connectivity index (χ0v) is 17.2. The minimum absolute atomic E-state index is 0.0307. The van der Waals surface area contributed by atoms with Crippen LogP contribution in [0.25, 0.3) is 10.2 Å². The highest BCUT2D eigenvalue weighted by molar-refractivity contribution is 7.92. The van der Waals surface area contributed by atoms with Crippen LogP contribution in [-0.4, -0.2) is 19.3 Å². The first kappa shape index (κ1) is 19.4.